The number of benzene rings is 2. The largest absolute Gasteiger partial charge is 0.428 e. The summed E-state index contributed by atoms with van der Waals surface area (Å²) in [6.45, 7) is 0. The normalized spacial score (nSPS) is 17.6. The van der Waals surface area contributed by atoms with Crippen molar-refractivity contribution in [2.75, 3.05) is 0 Å². The van der Waals surface area contributed by atoms with Crippen LogP contribution < -0.4 is 0 Å². The first-order valence-electron chi connectivity index (χ1n) is 5.18. The molecular formula is C12H7NO5. The molecule has 6 nitrogen and oxygen atoms in total. The number of ether oxygens (including phenoxy) is 1. The standard InChI is InChI=1S/C12H7NO5/c14-11-7-3-1-2-6-9(13(16)17)5-4-8(10(6)7)12(15)18-11/h1-5,12,15H. The summed E-state index contributed by atoms with van der Waals surface area (Å²) in [7, 11) is 0. The van der Waals surface area contributed by atoms with Gasteiger partial charge in [0, 0.05) is 17.0 Å². The van der Waals surface area contributed by atoms with Crippen molar-refractivity contribution >= 4 is 22.4 Å². The lowest BCUT2D eigenvalue weighted by molar-refractivity contribution is -0.383. The molecule has 1 atom stereocenters. The van der Waals surface area contributed by atoms with Gasteiger partial charge in [-0.3, -0.25) is 10.1 Å². The molecule has 1 unspecified atom stereocenters. The van der Waals surface area contributed by atoms with Crippen molar-refractivity contribution < 1.29 is 19.6 Å². The summed E-state index contributed by atoms with van der Waals surface area (Å²) >= 11 is 0. The van der Waals surface area contributed by atoms with Crippen molar-refractivity contribution in [2.45, 2.75) is 6.29 Å². The monoisotopic (exact) mass is 245 g/mol. The van der Waals surface area contributed by atoms with E-state index in [1.165, 1.54) is 18.2 Å². The molecule has 2 aromatic rings. The van der Waals surface area contributed by atoms with Crippen LogP contribution >= 0.6 is 0 Å². The number of nitro benzene ring substituents is 1. The minimum atomic E-state index is -1.38. The number of non-ortho nitro benzene ring substituents is 1. The Morgan fingerprint density at radius 1 is 1.28 bits per heavy atom. The van der Waals surface area contributed by atoms with Crippen LogP contribution in [0.15, 0.2) is 30.3 Å². The van der Waals surface area contributed by atoms with Crippen LogP contribution in [-0.4, -0.2) is 16.0 Å². The van der Waals surface area contributed by atoms with Crippen molar-refractivity contribution in [2.24, 2.45) is 0 Å². The maximum Gasteiger partial charge on any atom is 0.341 e. The molecule has 0 aromatic heterocycles. The summed E-state index contributed by atoms with van der Waals surface area (Å²) in [6, 6.07) is 7.31. The van der Waals surface area contributed by atoms with E-state index in [0.717, 1.165) is 0 Å². The van der Waals surface area contributed by atoms with Gasteiger partial charge in [0.1, 0.15) is 0 Å². The third kappa shape index (κ3) is 1.29. The van der Waals surface area contributed by atoms with E-state index in [0.29, 0.717) is 16.3 Å². The van der Waals surface area contributed by atoms with E-state index in [-0.39, 0.29) is 11.3 Å². The number of carbonyl (C=O) groups is 1. The number of rotatable bonds is 1. The molecule has 0 radical (unpaired) electrons. The Kier molecular flexibility index (Phi) is 2.08. The number of aliphatic hydroxyl groups excluding tert-OH is 1. The van der Waals surface area contributed by atoms with Crippen LogP contribution in [0.5, 0.6) is 0 Å². The maximum absolute atomic E-state index is 11.6. The van der Waals surface area contributed by atoms with Gasteiger partial charge in [0.15, 0.2) is 0 Å². The lowest BCUT2D eigenvalue weighted by Crippen LogP contribution is -2.18. The first-order chi connectivity index (χ1) is 8.59. The van der Waals surface area contributed by atoms with Crippen LogP contribution in [0.2, 0.25) is 0 Å². The number of aliphatic hydroxyl groups is 1. The summed E-state index contributed by atoms with van der Waals surface area (Å²) in [4.78, 5) is 22.0. The molecule has 90 valence electrons. The number of cyclic esters (lactones) is 1. The second-order valence-electron chi connectivity index (χ2n) is 3.92. The molecule has 0 bridgehead atoms. The topological polar surface area (TPSA) is 89.7 Å². The highest BCUT2D eigenvalue weighted by molar-refractivity contribution is 6.09. The van der Waals surface area contributed by atoms with Crippen LogP contribution in [0.4, 0.5) is 5.69 Å². The maximum atomic E-state index is 11.6. The summed E-state index contributed by atoms with van der Waals surface area (Å²) in [5.41, 5.74) is 0.500. The van der Waals surface area contributed by atoms with Crippen molar-refractivity contribution in [3.05, 3.63) is 51.6 Å². The van der Waals surface area contributed by atoms with Gasteiger partial charge in [-0.05, 0) is 18.2 Å². The molecule has 0 spiro atoms. The quantitative estimate of drug-likeness (QED) is 0.471. The summed E-state index contributed by atoms with van der Waals surface area (Å²) in [5, 5.41) is 21.3. The number of hydrogen-bond acceptors (Lipinski definition) is 5. The van der Waals surface area contributed by atoms with E-state index in [9.17, 15) is 20.0 Å². The van der Waals surface area contributed by atoms with Crippen LogP contribution in [0.3, 0.4) is 0 Å². The molecule has 1 aliphatic rings. The predicted octanol–water partition coefficient (Wildman–Crippen LogP) is 1.91. The van der Waals surface area contributed by atoms with Gasteiger partial charge in [0.05, 0.1) is 15.9 Å². The lowest BCUT2D eigenvalue weighted by atomic mass is 9.96. The highest BCUT2D eigenvalue weighted by Crippen LogP contribution is 2.37. The average molecular weight is 245 g/mol. The molecule has 0 saturated carbocycles. The Labute approximate surface area is 101 Å². The van der Waals surface area contributed by atoms with E-state index < -0.39 is 17.2 Å². The van der Waals surface area contributed by atoms with Gasteiger partial charge in [-0.15, -0.1) is 0 Å². The number of nitro groups is 1. The van der Waals surface area contributed by atoms with Crippen molar-refractivity contribution in [3.8, 4) is 0 Å². The molecule has 1 N–H and O–H groups in total. The fraction of sp³-hybridized carbons (Fsp3) is 0.0833. The zero-order valence-electron chi connectivity index (χ0n) is 8.99. The Bertz CT molecular complexity index is 694. The lowest BCUT2D eigenvalue weighted by Gasteiger charge is -2.21. The summed E-state index contributed by atoms with van der Waals surface area (Å²) in [6.07, 6.45) is -1.38. The predicted molar refractivity (Wildman–Crippen MR) is 61.0 cm³/mol. The number of esters is 1. The van der Waals surface area contributed by atoms with Gasteiger partial charge in [-0.1, -0.05) is 6.07 Å². The minimum absolute atomic E-state index is 0.0995. The Morgan fingerprint density at radius 3 is 2.78 bits per heavy atom. The molecule has 1 heterocycles. The van der Waals surface area contributed by atoms with Crippen LogP contribution in [0.1, 0.15) is 22.2 Å². The fourth-order valence-corrected chi connectivity index (χ4v) is 2.18. The van der Waals surface area contributed by atoms with Gasteiger partial charge in [0.2, 0.25) is 6.29 Å². The Hall–Kier alpha value is -2.47. The number of carbonyl (C=O) groups excluding carboxylic acids is 1. The van der Waals surface area contributed by atoms with E-state index in [1.807, 2.05) is 0 Å². The Balaban J connectivity index is 2.49. The molecule has 6 heteroatoms. The van der Waals surface area contributed by atoms with Crippen molar-refractivity contribution in [1.82, 2.24) is 0 Å². The first-order valence-corrected chi connectivity index (χ1v) is 5.18. The van der Waals surface area contributed by atoms with Crippen LogP contribution in [0.25, 0.3) is 10.8 Å². The smallest absolute Gasteiger partial charge is 0.341 e. The molecule has 0 aliphatic carbocycles. The van der Waals surface area contributed by atoms with E-state index in [2.05, 4.69) is 0 Å². The van der Waals surface area contributed by atoms with E-state index in [1.54, 1.807) is 12.1 Å². The molecule has 0 fully saturated rings. The summed E-state index contributed by atoms with van der Waals surface area (Å²) in [5.74, 6) is -0.680. The SMILES string of the molecule is O=C1OC(O)c2ccc([N+](=O)[O-])c3cccc1c23. The average Bonchev–Trinajstić information content (AvgIpc) is 2.34. The van der Waals surface area contributed by atoms with Crippen molar-refractivity contribution in [1.29, 1.82) is 0 Å². The van der Waals surface area contributed by atoms with Crippen molar-refractivity contribution in [3.63, 3.8) is 0 Å². The van der Waals surface area contributed by atoms with Crippen LogP contribution in [0, 0.1) is 10.1 Å². The molecule has 0 saturated heterocycles. The second kappa shape index (κ2) is 3.51. The van der Waals surface area contributed by atoms with Gasteiger partial charge >= 0.3 is 5.97 Å². The highest BCUT2D eigenvalue weighted by atomic mass is 16.6. The molecule has 1 aliphatic heterocycles. The minimum Gasteiger partial charge on any atom is -0.428 e. The van der Waals surface area contributed by atoms with Gasteiger partial charge < -0.3 is 9.84 Å². The van der Waals surface area contributed by atoms with Gasteiger partial charge in [-0.25, -0.2) is 4.79 Å². The number of nitrogens with zero attached hydrogens (tertiary/aromatic N) is 1. The van der Waals surface area contributed by atoms with Gasteiger partial charge in [-0.2, -0.15) is 0 Å². The van der Waals surface area contributed by atoms with E-state index in [4.69, 9.17) is 4.74 Å². The second-order valence-corrected chi connectivity index (χ2v) is 3.92. The third-order valence-corrected chi connectivity index (χ3v) is 2.95. The Morgan fingerprint density at radius 2 is 2.06 bits per heavy atom. The summed E-state index contributed by atoms with van der Waals surface area (Å²) < 4.78 is 4.75. The third-order valence-electron chi connectivity index (χ3n) is 2.95. The molecular weight excluding hydrogens is 238 g/mol. The van der Waals surface area contributed by atoms with Gasteiger partial charge in [0.25, 0.3) is 5.69 Å². The van der Waals surface area contributed by atoms with E-state index >= 15 is 0 Å². The fourth-order valence-electron chi connectivity index (χ4n) is 2.18. The molecule has 0 amide bonds. The molecule has 3 rings (SSSR count). The van der Waals surface area contributed by atoms with Crippen LogP contribution in [-0.2, 0) is 4.74 Å². The molecule has 2 aromatic carbocycles. The number of hydrogen-bond donors (Lipinski definition) is 1. The first kappa shape index (κ1) is 10.7. The molecule has 18 heavy (non-hydrogen) atoms. The zero-order valence-corrected chi connectivity index (χ0v) is 8.99. The zero-order chi connectivity index (χ0) is 12.9. The highest BCUT2D eigenvalue weighted by Gasteiger charge is 2.29.